The molecule has 0 spiro atoms. The van der Waals surface area contributed by atoms with Crippen molar-refractivity contribution >= 4 is 11.8 Å². The van der Waals surface area contributed by atoms with Gasteiger partial charge in [-0.1, -0.05) is 17.7 Å². The molecule has 4 fully saturated rings. The van der Waals surface area contributed by atoms with Crippen LogP contribution >= 0.6 is 0 Å². The Labute approximate surface area is 149 Å². The fraction of sp³-hybridized carbons (Fsp3) is 0.619. The van der Waals surface area contributed by atoms with Crippen LogP contribution in [0.1, 0.15) is 66.4 Å². The second-order valence-electron chi connectivity index (χ2n) is 8.92. The number of carbonyl (C=O) groups is 2. The molecule has 25 heavy (non-hydrogen) atoms. The number of carbonyl (C=O) groups excluding carboxylic acids is 2. The zero-order valence-corrected chi connectivity index (χ0v) is 15.2. The summed E-state index contributed by atoms with van der Waals surface area (Å²) in [6, 6.07) is 5.77. The fourth-order valence-corrected chi connectivity index (χ4v) is 6.07. The summed E-state index contributed by atoms with van der Waals surface area (Å²) in [7, 11) is 0. The van der Waals surface area contributed by atoms with E-state index in [9.17, 15) is 9.59 Å². The van der Waals surface area contributed by atoms with Gasteiger partial charge in [-0.15, -0.1) is 0 Å². The van der Waals surface area contributed by atoms with Crippen molar-refractivity contribution in [2.24, 2.45) is 23.2 Å². The second-order valence-corrected chi connectivity index (χ2v) is 8.92. The summed E-state index contributed by atoms with van der Waals surface area (Å²) in [5.74, 6) is 2.23. The maximum atomic E-state index is 12.5. The van der Waals surface area contributed by atoms with Gasteiger partial charge in [0.15, 0.2) is 0 Å². The van der Waals surface area contributed by atoms with Crippen LogP contribution < -0.4 is 10.9 Å². The monoisotopic (exact) mass is 340 g/mol. The van der Waals surface area contributed by atoms with Gasteiger partial charge in [-0.25, -0.2) is 0 Å². The van der Waals surface area contributed by atoms with Crippen molar-refractivity contribution in [3.05, 3.63) is 34.9 Å². The number of nitrogens with one attached hydrogen (secondary N) is 2. The van der Waals surface area contributed by atoms with Crippen LogP contribution in [0.5, 0.6) is 0 Å². The van der Waals surface area contributed by atoms with Crippen LogP contribution in [0, 0.1) is 37.0 Å². The molecule has 2 N–H and O–H groups in total. The third kappa shape index (κ3) is 3.31. The molecule has 0 aromatic heterocycles. The summed E-state index contributed by atoms with van der Waals surface area (Å²) in [5, 5.41) is 0. The van der Waals surface area contributed by atoms with Gasteiger partial charge in [-0.05, 0) is 87.2 Å². The molecule has 1 aromatic carbocycles. The van der Waals surface area contributed by atoms with Crippen molar-refractivity contribution in [2.45, 2.75) is 58.8 Å². The molecule has 1 aromatic rings. The first kappa shape index (κ1) is 16.6. The smallest absolute Gasteiger partial charge is 0.269 e. The van der Waals surface area contributed by atoms with Gasteiger partial charge in [0, 0.05) is 12.0 Å². The number of hydrogen-bond donors (Lipinski definition) is 2. The van der Waals surface area contributed by atoms with Crippen LogP contribution in [-0.2, 0) is 4.79 Å². The van der Waals surface area contributed by atoms with Crippen LogP contribution in [0.3, 0.4) is 0 Å². The molecule has 4 bridgehead atoms. The Morgan fingerprint density at radius 1 is 1.00 bits per heavy atom. The third-order valence-electron chi connectivity index (χ3n) is 6.65. The lowest BCUT2D eigenvalue weighted by Crippen LogP contribution is -2.50. The molecule has 4 heteroatoms. The largest absolute Gasteiger partial charge is 0.273 e. The second kappa shape index (κ2) is 6.15. The Balaban J connectivity index is 1.35. The third-order valence-corrected chi connectivity index (χ3v) is 6.65. The number of rotatable bonds is 3. The summed E-state index contributed by atoms with van der Waals surface area (Å²) in [6.07, 6.45) is 8.31. The molecule has 5 rings (SSSR count). The van der Waals surface area contributed by atoms with Crippen LogP contribution in [-0.4, -0.2) is 11.8 Å². The van der Waals surface area contributed by atoms with Crippen molar-refractivity contribution in [3.8, 4) is 0 Å². The highest BCUT2D eigenvalue weighted by Gasteiger charge is 2.51. The van der Waals surface area contributed by atoms with Gasteiger partial charge >= 0.3 is 0 Å². The van der Waals surface area contributed by atoms with E-state index < -0.39 is 0 Å². The van der Waals surface area contributed by atoms with Gasteiger partial charge in [0.1, 0.15) is 0 Å². The average molecular weight is 340 g/mol. The average Bonchev–Trinajstić information content (AvgIpc) is 2.53. The van der Waals surface area contributed by atoms with E-state index in [1.165, 1.54) is 38.5 Å². The lowest BCUT2D eigenvalue weighted by Gasteiger charge is -2.56. The number of benzene rings is 1. The molecule has 2 amide bonds. The van der Waals surface area contributed by atoms with Crippen molar-refractivity contribution in [1.29, 1.82) is 0 Å². The van der Waals surface area contributed by atoms with E-state index in [0.717, 1.165) is 28.9 Å². The van der Waals surface area contributed by atoms with Crippen LogP contribution in [0.4, 0.5) is 0 Å². The molecule has 0 radical (unpaired) electrons. The molecule has 0 saturated heterocycles. The van der Waals surface area contributed by atoms with Gasteiger partial charge in [-0.2, -0.15) is 0 Å². The number of hydrazine groups is 1. The lowest BCUT2D eigenvalue weighted by atomic mass is 9.49. The highest BCUT2D eigenvalue weighted by Crippen LogP contribution is 2.61. The number of hydrogen-bond acceptors (Lipinski definition) is 2. The molecule has 0 atom stereocenters. The summed E-state index contributed by atoms with van der Waals surface area (Å²) < 4.78 is 0. The molecule has 0 unspecified atom stereocenters. The molecule has 134 valence electrons. The molecule has 4 nitrogen and oxygen atoms in total. The molecule has 0 aliphatic heterocycles. The first-order chi connectivity index (χ1) is 11.9. The van der Waals surface area contributed by atoms with Gasteiger partial charge < -0.3 is 0 Å². The quantitative estimate of drug-likeness (QED) is 0.825. The number of aryl methyl sites for hydroxylation is 2. The zero-order valence-electron chi connectivity index (χ0n) is 15.2. The standard InChI is InChI=1S/C21H28N2O2/c1-13-3-4-14(2)18(5-13)20(25)23-22-19(24)12-21-9-15-6-16(10-21)8-17(7-15)11-21/h3-5,15-17H,6-12H2,1-2H3,(H,22,24)(H,23,25). The van der Waals surface area contributed by atoms with E-state index >= 15 is 0 Å². The molecule has 4 saturated carbocycles. The van der Waals surface area contributed by atoms with E-state index in [1.807, 2.05) is 32.0 Å². The van der Waals surface area contributed by atoms with Crippen molar-refractivity contribution in [2.75, 3.05) is 0 Å². The normalized spacial score (nSPS) is 32.5. The van der Waals surface area contributed by atoms with Crippen molar-refractivity contribution in [1.82, 2.24) is 10.9 Å². The highest BCUT2D eigenvalue weighted by atomic mass is 16.2. The van der Waals surface area contributed by atoms with E-state index in [0.29, 0.717) is 12.0 Å². The minimum absolute atomic E-state index is 0.0411. The Hall–Kier alpha value is -1.84. The summed E-state index contributed by atoms with van der Waals surface area (Å²) in [4.78, 5) is 24.8. The van der Waals surface area contributed by atoms with Crippen LogP contribution in [0.25, 0.3) is 0 Å². The molecular weight excluding hydrogens is 312 g/mol. The van der Waals surface area contributed by atoms with Gasteiger partial charge in [0.05, 0.1) is 0 Å². The van der Waals surface area contributed by atoms with Crippen LogP contribution in [0.2, 0.25) is 0 Å². The van der Waals surface area contributed by atoms with Gasteiger partial charge in [0.2, 0.25) is 5.91 Å². The lowest BCUT2D eigenvalue weighted by molar-refractivity contribution is -0.130. The van der Waals surface area contributed by atoms with Gasteiger partial charge in [-0.3, -0.25) is 20.4 Å². The summed E-state index contributed by atoms with van der Waals surface area (Å²) in [5.41, 5.74) is 8.05. The Morgan fingerprint density at radius 3 is 2.20 bits per heavy atom. The molecule has 4 aliphatic rings. The minimum atomic E-state index is -0.236. The maximum absolute atomic E-state index is 12.5. The summed E-state index contributed by atoms with van der Waals surface area (Å²) >= 11 is 0. The van der Waals surface area contributed by atoms with Crippen molar-refractivity contribution in [3.63, 3.8) is 0 Å². The Kier molecular flexibility index (Phi) is 4.09. The predicted octanol–water partition coefficient (Wildman–Crippen LogP) is 3.67. The molecular formula is C21H28N2O2. The SMILES string of the molecule is Cc1ccc(C)c(C(=O)NNC(=O)CC23CC4CC(CC(C4)C2)C3)c1. The molecule has 4 aliphatic carbocycles. The zero-order chi connectivity index (χ0) is 17.6. The fourth-order valence-electron chi connectivity index (χ4n) is 6.07. The Bertz CT molecular complexity index is 675. The highest BCUT2D eigenvalue weighted by molar-refractivity contribution is 5.96. The number of amides is 2. The summed E-state index contributed by atoms with van der Waals surface area (Å²) in [6.45, 7) is 3.87. The Morgan fingerprint density at radius 2 is 1.60 bits per heavy atom. The van der Waals surface area contributed by atoms with E-state index in [4.69, 9.17) is 0 Å². The minimum Gasteiger partial charge on any atom is -0.273 e. The van der Waals surface area contributed by atoms with E-state index in [2.05, 4.69) is 10.9 Å². The van der Waals surface area contributed by atoms with Crippen LogP contribution in [0.15, 0.2) is 18.2 Å². The first-order valence-corrected chi connectivity index (χ1v) is 9.59. The first-order valence-electron chi connectivity index (χ1n) is 9.59. The van der Waals surface area contributed by atoms with Gasteiger partial charge in [0.25, 0.3) is 5.91 Å². The van der Waals surface area contributed by atoms with Crippen molar-refractivity contribution < 1.29 is 9.59 Å². The molecule has 0 heterocycles. The van der Waals surface area contributed by atoms with E-state index in [-0.39, 0.29) is 17.2 Å². The maximum Gasteiger partial charge on any atom is 0.269 e. The topological polar surface area (TPSA) is 58.2 Å². The predicted molar refractivity (Wildman–Crippen MR) is 96.7 cm³/mol. The van der Waals surface area contributed by atoms with E-state index in [1.54, 1.807) is 0 Å².